The molecule has 0 spiro atoms. The smallest absolute Gasteiger partial charge is 0.377 e. The Morgan fingerprint density at radius 1 is 1.19 bits per heavy atom. The molecular formula is C15H18BrNO4. The van der Waals surface area contributed by atoms with Gasteiger partial charge in [0, 0.05) is 0 Å². The van der Waals surface area contributed by atoms with Crippen LogP contribution in [0, 0.1) is 20.8 Å². The summed E-state index contributed by atoms with van der Waals surface area (Å²) in [5, 5.41) is 0. The van der Waals surface area contributed by atoms with Crippen molar-refractivity contribution in [1.29, 1.82) is 0 Å². The van der Waals surface area contributed by atoms with E-state index >= 15 is 0 Å². The fourth-order valence-electron chi connectivity index (χ4n) is 2.41. The Hall–Kier alpha value is -1.69. The SMILES string of the molecule is CCOC(=O)C(=O)[C@@](Br)(C(N)=O)c1c(C)cc(C)cc1C. The van der Waals surface area contributed by atoms with Gasteiger partial charge in [0.05, 0.1) is 6.61 Å². The second-order valence-electron chi connectivity index (χ2n) is 4.85. The van der Waals surface area contributed by atoms with Crippen LogP contribution in [-0.4, -0.2) is 24.3 Å². The van der Waals surface area contributed by atoms with Gasteiger partial charge in [0.25, 0.3) is 5.78 Å². The summed E-state index contributed by atoms with van der Waals surface area (Å²) in [6.45, 7) is 7.03. The van der Waals surface area contributed by atoms with Crippen molar-refractivity contribution in [2.24, 2.45) is 5.73 Å². The highest BCUT2D eigenvalue weighted by molar-refractivity contribution is 9.10. The molecule has 1 aromatic carbocycles. The predicted octanol–water partition coefficient (Wildman–Crippen LogP) is 1.82. The molecular weight excluding hydrogens is 338 g/mol. The van der Waals surface area contributed by atoms with E-state index in [-0.39, 0.29) is 6.61 Å². The minimum Gasteiger partial charge on any atom is -0.460 e. The first-order valence-corrected chi connectivity index (χ1v) is 7.24. The Labute approximate surface area is 132 Å². The molecule has 1 atom stereocenters. The average Bonchev–Trinajstić information content (AvgIpc) is 2.36. The normalized spacial score (nSPS) is 13.4. The van der Waals surface area contributed by atoms with E-state index in [0.717, 1.165) is 5.56 Å². The maximum absolute atomic E-state index is 12.4. The highest BCUT2D eigenvalue weighted by atomic mass is 79.9. The zero-order valence-corrected chi connectivity index (χ0v) is 14.0. The zero-order chi connectivity index (χ0) is 16.4. The van der Waals surface area contributed by atoms with Gasteiger partial charge in [-0.15, -0.1) is 0 Å². The lowest BCUT2D eigenvalue weighted by atomic mass is 9.86. The van der Waals surface area contributed by atoms with Crippen molar-refractivity contribution in [3.8, 4) is 0 Å². The van der Waals surface area contributed by atoms with Crippen molar-refractivity contribution < 1.29 is 19.1 Å². The van der Waals surface area contributed by atoms with Crippen LogP contribution in [0.1, 0.15) is 29.2 Å². The van der Waals surface area contributed by atoms with Gasteiger partial charge in [-0.2, -0.15) is 0 Å². The molecule has 6 heteroatoms. The van der Waals surface area contributed by atoms with Gasteiger partial charge in [0.1, 0.15) is 0 Å². The summed E-state index contributed by atoms with van der Waals surface area (Å²) in [5.74, 6) is -3.06. The van der Waals surface area contributed by atoms with Crippen molar-refractivity contribution >= 4 is 33.6 Å². The average molecular weight is 356 g/mol. The fourth-order valence-corrected chi connectivity index (χ4v) is 3.20. The molecule has 1 rings (SSSR count). The summed E-state index contributed by atoms with van der Waals surface area (Å²) < 4.78 is 2.78. The first-order valence-electron chi connectivity index (χ1n) is 6.44. The van der Waals surface area contributed by atoms with Crippen molar-refractivity contribution in [2.45, 2.75) is 32.0 Å². The number of esters is 1. The standard InChI is InChI=1S/C15H18BrNO4/c1-5-21-13(19)12(18)15(16,14(17)20)11-9(3)6-8(2)7-10(11)4/h6-7H,5H2,1-4H3,(H2,17,20)/t15-/m1/s1. The number of hydrogen-bond donors (Lipinski definition) is 1. The lowest BCUT2D eigenvalue weighted by Crippen LogP contribution is -2.47. The molecule has 0 radical (unpaired) electrons. The zero-order valence-electron chi connectivity index (χ0n) is 12.5. The summed E-state index contributed by atoms with van der Waals surface area (Å²) in [6.07, 6.45) is 0. The Kier molecular flexibility index (Phi) is 5.28. The number of amides is 1. The maximum Gasteiger partial charge on any atom is 0.377 e. The molecule has 0 fully saturated rings. The second-order valence-corrected chi connectivity index (χ2v) is 6.04. The van der Waals surface area contributed by atoms with Crippen LogP contribution in [0.15, 0.2) is 12.1 Å². The Balaban J connectivity index is 3.53. The third-order valence-corrected chi connectivity index (χ3v) is 4.28. The lowest BCUT2D eigenvalue weighted by Gasteiger charge is -2.26. The molecule has 0 bridgehead atoms. The highest BCUT2D eigenvalue weighted by Crippen LogP contribution is 2.37. The molecule has 0 unspecified atom stereocenters. The van der Waals surface area contributed by atoms with E-state index < -0.39 is 22.0 Å². The molecule has 0 saturated carbocycles. The molecule has 0 aromatic heterocycles. The van der Waals surface area contributed by atoms with Gasteiger partial charge < -0.3 is 10.5 Å². The number of Topliss-reactive ketones (excluding diaryl/α,β-unsaturated/α-hetero) is 1. The van der Waals surface area contributed by atoms with Crippen molar-refractivity contribution in [2.75, 3.05) is 6.61 Å². The number of ketones is 1. The second kappa shape index (κ2) is 6.39. The van der Waals surface area contributed by atoms with Gasteiger partial charge in [-0.05, 0) is 44.4 Å². The van der Waals surface area contributed by atoms with Crippen molar-refractivity contribution in [3.63, 3.8) is 0 Å². The Morgan fingerprint density at radius 2 is 1.67 bits per heavy atom. The molecule has 1 aromatic rings. The highest BCUT2D eigenvalue weighted by Gasteiger charge is 2.49. The van der Waals surface area contributed by atoms with E-state index in [2.05, 4.69) is 15.9 Å². The molecule has 1 amide bonds. The van der Waals surface area contributed by atoms with Crippen LogP contribution in [0.2, 0.25) is 0 Å². The number of alkyl halides is 1. The lowest BCUT2D eigenvalue weighted by molar-refractivity contribution is -0.155. The van der Waals surface area contributed by atoms with E-state index in [9.17, 15) is 14.4 Å². The van der Waals surface area contributed by atoms with Crippen molar-refractivity contribution in [3.05, 3.63) is 34.4 Å². The number of nitrogens with two attached hydrogens (primary N) is 1. The third-order valence-electron chi connectivity index (χ3n) is 3.13. The first kappa shape index (κ1) is 17.4. The monoisotopic (exact) mass is 355 g/mol. The third kappa shape index (κ3) is 3.15. The minimum atomic E-state index is -1.92. The number of carbonyl (C=O) groups is 3. The van der Waals surface area contributed by atoms with E-state index in [4.69, 9.17) is 10.5 Å². The number of benzene rings is 1. The summed E-state index contributed by atoms with van der Waals surface area (Å²) >= 11 is 3.10. The predicted molar refractivity (Wildman–Crippen MR) is 82.1 cm³/mol. The molecule has 0 aliphatic carbocycles. The number of ether oxygens (including phenoxy) is 1. The summed E-state index contributed by atoms with van der Waals surface area (Å²) in [6, 6.07) is 3.64. The number of primary amides is 1. The van der Waals surface area contributed by atoms with Gasteiger partial charge in [0.15, 0.2) is 4.32 Å². The van der Waals surface area contributed by atoms with Gasteiger partial charge >= 0.3 is 5.97 Å². The molecule has 2 N–H and O–H groups in total. The topological polar surface area (TPSA) is 86.5 Å². The number of halogens is 1. The van der Waals surface area contributed by atoms with Crippen LogP contribution >= 0.6 is 15.9 Å². The van der Waals surface area contributed by atoms with Gasteiger partial charge in [0.2, 0.25) is 5.91 Å². The molecule has 0 aliphatic heterocycles. The quantitative estimate of drug-likeness (QED) is 0.377. The molecule has 21 heavy (non-hydrogen) atoms. The van der Waals surface area contributed by atoms with Gasteiger partial charge in [-0.3, -0.25) is 9.59 Å². The fraction of sp³-hybridized carbons (Fsp3) is 0.400. The summed E-state index contributed by atoms with van der Waals surface area (Å²) in [7, 11) is 0. The van der Waals surface area contributed by atoms with E-state index in [1.165, 1.54) is 0 Å². The largest absolute Gasteiger partial charge is 0.460 e. The Bertz CT molecular complexity index is 589. The van der Waals surface area contributed by atoms with Crippen LogP contribution in [0.4, 0.5) is 0 Å². The first-order chi connectivity index (χ1) is 9.66. The number of aryl methyl sites for hydroxylation is 3. The van der Waals surface area contributed by atoms with Crippen LogP contribution < -0.4 is 5.73 Å². The van der Waals surface area contributed by atoms with E-state index in [1.807, 2.05) is 19.1 Å². The Morgan fingerprint density at radius 3 is 2.05 bits per heavy atom. The van der Waals surface area contributed by atoms with Crippen LogP contribution in [0.5, 0.6) is 0 Å². The maximum atomic E-state index is 12.4. The van der Waals surface area contributed by atoms with Crippen molar-refractivity contribution in [1.82, 2.24) is 0 Å². The van der Waals surface area contributed by atoms with Gasteiger partial charge in [-0.25, -0.2) is 4.79 Å². The molecule has 114 valence electrons. The number of hydrogen-bond acceptors (Lipinski definition) is 4. The molecule has 5 nitrogen and oxygen atoms in total. The number of carbonyl (C=O) groups excluding carboxylic acids is 3. The van der Waals surface area contributed by atoms with Crippen LogP contribution in [-0.2, 0) is 23.4 Å². The molecule has 0 heterocycles. The van der Waals surface area contributed by atoms with Crippen LogP contribution in [0.3, 0.4) is 0 Å². The summed E-state index contributed by atoms with van der Waals surface area (Å²) in [5.41, 5.74) is 8.16. The summed E-state index contributed by atoms with van der Waals surface area (Å²) in [4.78, 5) is 36.0. The van der Waals surface area contributed by atoms with E-state index in [1.54, 1.807) is 20.8 Å². The van der Waals surface area contributed by atoms with Crippen LogP contribution in [0.25, 0.3) is 0 Å². The number of rotatable bonds is 5. The van der Waals surface area contributed by atoms with Gasteiger partial charge in [-0.1, -0.05) is 33.6 Å². The molecule has 0 aliphatic rings. The van der Waals surface area contributed by atoms with E-state index in [0.29, 0.717) is 16.7 Å². The molecule has 0 saturated heterocycles. The minimum absolute atomic E-state index is 0.0400.